The van der Waals surface area contributed by atoms with Crippen molar-refractivity contribution in [1.29, 1.82) is 0 Å². The molecule has 6 heteroatoms. The van der Waals surface area contributed by atoms with E-state index in [0.717, 1.165) is 30.5 Å². The highest BCUT2D eigenvalue weighted by Crippen LogP contribution is 2.18. The summed E-state index contributed by atoms with van der Waals surface area (Å²) >= 11 is 0. The van der Waals surface area contributed by atoms with Crippen molar-refractivity contribution >= 4 is 16.9 Å². The summed E-state index contributed by atoms with van der Waals surface area (Å²) in [5.41, 5.74) is 5.05. The monoisotopic (exact) mass is 337 g/mol. The normalized spacial score (nSPS) is 16.9. The largest absolute Gasteiger partial charge is 0.491 e. The Morgan fingerprint density at radius 3 is 3.08 bits per heavy atom. The van der Waals surface area contributed by atoms with Crippen molar-refractivity contribution in [1.82, 2.24) is 9.66 Å². The summed E-state index contributed by atoms with van der Waals surface area (Å²) in [6, 6.07) is 14.8. The molecule has 0 aliphatic carbocycles. The molecule has 6 nitrogen and oxygen atoms in total. The van der Waals surface area contributed by atoms with Gasteiger partial charge < -0.3 is 9.47 Å². The van der Waals surface area contributed by atoms with Gasteiger partial charge in [0.05, 0.1) is 17.1 Å². The first-order valence-electron chi connectivity index (χ1n) is 8.37. The minimum absolute atomic E-state index is 0.148. The fourth-order valence-corrected chi connectivity index (χ4v) is 2.91. The number of hydrogen-bond donors (Lipinski definition) is 1. The van der Waals surface area contributed by atoms with Gasteiger partial charge in [0.15, 0.2) is 0 Å². The second kappa shape index (κ2) is 6.94. The molecule has 1 aromatic heterocycles. The van der Waals surface area contributed by atoms with Crippen LogP contribution in [0.3, 0.4) is 0 Å². The minimum Gasteiger partial charge on any atom is -0.491 e. The van der Waals surface area contributed by atoms with Gasteiger partial charge in [0.25, 0.3) is 5.91 Å². The molecule has 0 saturated carbocycles. The number of para-hydroxylation sites is 2. The number of carbonyl (C=O) groups excluding carboxylic acids is 1. The fourth-order valence-electron chi connectivity index (χ4n) is 2.91. The lowest BCUT2D eigenvalue weighted by Gasteiger charge is -2.12. The minimum atomic E-state index is -0.217. The Balaban J connectivity index is 1.45. The Morgan fingerprint density at radius 2 is 2.20 bits per heavy atom. The van der Waals surface area contributed by atoms with Crippen LogP contribution in [-0.2, 0) is 4.74 Å². The second-order valence-electron chi connectivity index (χ2n) is 6.02. The quantitative estimate of drug-likeness (QED) is 0.777. The molecule has 1 saturated heterocycles. The van der Waals surface area contributed by atoms with Crippen LogP contribution in [0.15, 0.2) is 54.9 Å². The predicted octanol–water partition coefficient (Wildman–Crippen LogP) is 2.98. The third kappa shape index (κ3) is 3.49. The summed E-state index contributed by atoms with van der Waals surface area (Å²) < 4.78 is 12.9. The number of imidazole rings is 1. The Bertz CT molecular complexity index is 884. The molecule has 0 radical (unpaired) electrons. The molecule has 1 atom stereocenters. The molecule has 128 valence electrons. The third-order valence-corrected chi connectivity index (χ3v) is 4.23. The van der Waals surface area contributed by atoms with E-state index in [0.29, 0.717) is 17.9 Å². The Kier molecular flexibility index (Phi) is 4.35. The summed E-state index contributed by atoms with van der Waals surface area (Å²) in [4.78, 5) is 16.8. The van der Waals surface area contributed by atoms with Crippen LogP contribution in [0.4, 0.5) is 0 Å². The van der Waals surface area contributed by atoms with Crippen molar-refractivity contribution < 1.29 is 14.3 Å². The lowest BCUT2D eigenvalue weighted by molar-refractivity contribution is 0.0679. The van der Waals surface area contributed by atoms with Gasteiger partial charge in [-0.1, -0.05) is 18.2 Å². The van der Waals surface area contributed by atoms with E-state index in [9.17, 15) is 4.79 Å². The standard InChI is InChI=1S/C19H19N3O3/c23-19(21-22-13-20-17-8-1-2-9-18(17)22)14-5-3-6-15(11-14)25-12-16-7-4-10-24-16/h1-3,5-6,8-9,11,13,16H,4,7,10,12H2,(H,21,23). The molecule has 1 amide bonds. The predicted molar refractivity (Wildman–Crippen MR) is 94.3 cm³/mol. The van der Waals surface area contributed by atoms with Crippen LogP contribution in [0.25, 0.3) is 11.0 Å². The molecule has 2 aromatic carbocycles. The van der Waals surface area contributed by atoms with E-state index in [2.05, 4.69) is 10.4 Å². The van der Waals surface area contributed by atoms with E-state index in [1.807, 2.05) is 36.4 Å². The molecule has 1 aliphatic heterocycles. The van der Waals surface area contributed by atoms with Crippen molar-refractivity contribution in [3.8, 4) is 5.75 Å². The average molecular weight is 337 g/mol. The molecule has 1 N–H and O–H groups in total. The number of fused-ring (bicyclic) bond motifs is 1. The van der Waals surface area contributed by atoms with Crippen molar-refractivity contribution in [2.24, 2.45) is 0 Å². The van der Waals surface area contributed by atoms with E-state index >= 15 is 0 Å². The van der Waals surface area contributed by atoms with E-state index in [-0.39, 0.29) is 12.0 Å². The maximum atomic E-state index is 12.5. The van der Waals surface area contributed by atoms with Crippen LogP contribution in [0.5, 0.6) is 5.75 Å². The molecular weight excluding hydrogens is 318 g/mol. The zero-order valence-electron chi connectivity index (χ0n) is 13.7. The molecule has 2 heterocycles. The highest BCUT2D eigenvalue weighted by molar-refractivity contribution is 6.01. The van der Waals surface area contributed by atoms with Crippen molar-refractivity contribution in [2.45, 2.75) is 18.9 Å². The van der Waals surface area contributed by atoms with Crippen LogP contribution in [0.1, 0.15) is 23.2 Å². The van der Waals surface area contributed by atoms with Gasteiger partial charge in [-0.25, -0.2) is 9.66 Å². The van der Waals surface area contributed by atoms with Crippen LogP contribution in [-0.4, -0.2) is 34.9 Å². The zero-order chi connectivity index (χ0) is 17.1. The summed E-state index contributed by atoms with van der Waals surface area (Å²) in [5.74, 6) is 0.448. The number of nitrogens with one attached hydrogen (secondary N) is 1. The summed E-state index contributed by atoms with van der Waals surface area (Å²) in [6.45, 7) is 1.31. The summed E-state index contributed by atoms with van der Waals surface area (Å²) in [7, 11) is 0. The first-order chi connectivity index (χ1) is 12.3. The zero-order valence-corrected chi connectivity index (χ0v) is 13.7. The van der Waals surface area contributed by atoms with Crippen LogP contribution in [0, 0.1) is 0 Å². The number of rotatable bonds is 5. The maximum Gasteiger partial charge on any atom is 0.270 e. The first kappa shape index (κ1) is 15.7. The number of ether oxygens (including phenoxy) is 2. The molecule has 0 bridgehead atoms. The van der Waals surface area contributed by atoms with Gasteiger partial charge in [0, 0.05) is 12.2 Å². The second-order valence-corrected chi connectivity index (χ2v) is 6.02. The summed E-state index contributed by atoms with van der Waals surface area (Å²) in [6.07, 6.45) is 3.85. The van der Waals surface area contributed by atoms with Gasteiger partial charge in [-0.3, -0.25) is 10.2 Å². The number of aromatic nitrogens is 2. The number of nitrogens with zero attached hydrogens (tertiary/aromatic N) is 2. The lowest BCUT2D eigenvalue weighted by Crippen LogP contribution is -2.22. The highest BCUT2D eigenvalue weighted by atomic mass is 16.5. The van der Waals surface area contributed by atoms with Crippen molar-refractivity contribution in [3.63, 3.8) is 0 Å². The first-order valence-corrected chi connectivity index (χ1v) is 8.37. The van der Waals surface area contributed by atoms with Crippen LogP contribution in [0.2, 0.25) is 0 Å². The van der Waals surface area contributed by atoms with Crippen molar-refractivity contribution in [2.75, 3.05) is 18.6 Å². The molecule has 25 heavy (non-hydrogen) atoms. The molecular formula is C19H19N3O3. The van der Waals surface area contributed by atoms with E-state index in [1.165, 1.54) is 0 Å². The topological polar surface area (TPSA) is 65.4 Å². The van der Waals surface area contributed by atoms with Gasteiger partial charge >= 0.3 is 0 Å². The number of benzene rings is 2. The summed E-state index contributed by atoms with van der Waals surface area (Å²) in [5, 5.41) is 0. The van der Waals surface area contributed by atoms with Crippen LogP contribution >= 0.6 is 0 Å². The maximum absolute atomic E-state index is 12.5. The molecule has 1 aliphatic rings. The highest BCUT2D eigenvalue weighted by Gasteiger charge is 2.16. The SMILES string of the molecule is O=C(Nn1cnc2ccccc21)c1cccc(OCC2CCCO2)c1. The van der Waals surface area contributed by atoms with Gasteiger partial charge in [-0.2, -0.15) is 0 Å². The molecule has 1 unspecified atom stereocenters. The number of carbonyl (C=O) groups is 1. The van der Waals surface area contributed by atoms with E-state index in [1.54, 1.807) is 23.1 Å². The smallest absolute Gasteiger partial charge is 0.270 e. The Morgan fingerprint density at radius 1 is 1.28 bits per heavy atom. The molecule has 1 fully saturated rings. The lowest BCUT2D eigenvalue weighted by atomic mass is 10.2. The van der Waals surface area contributed by atoms with E-state index < -0.39 is 0 Å². The van der Waals surface area contributed by atoms with Crippen LogP contribution < -0.4 is 10.2 Å². The number of hydrogen-bond acceptors (Lipinski definition) is 4. The fraction of sp³-hybridized carbons (Fsp3) is 0.263. The van der Waals surface area contributed by atoms with Gasteiger partial charge in [0.2, 0.25) is 0 Å². The Hall–Kier alpha value is -2.86. The van der Waals surface area contributed by atoms with Crippen molar-refractivity contribution in [3.05, 3.63) is 60.4 Å². The van der Waals surface area contributed by atoms with Gasteiger partial charge in [-0.15, -0.1) is 0 Å². The average Bonchev–Trinajstić information content (AvgIpc) is 3.31. The van der Waals surface area contributed by atoms with Gasteiger partial charge in [-0.05, 0) is 43.2 Å². The number of amides is 1. The Labute approximate surface area is 145 Å². The molecule has 0 spiro atoms. The third-order valence-electron chi connectivity index (χ3n) is 4.23. The molecule has 3 aromatic rings. The van der Waals surface area contributed by atoms with E-state index in [4.69, 9.17) is 9.47 Å². The van der Waals surface area contributed by atoms with Gasteiger partial charge in [0.1, 0.15) is 18.7 Å². The molecule has 4 rings (SSSR count).